The van der Waals surface area contributed by atoms with Gasteiger partial charge in [0.15, 0.2) is 5.16 Å². The van der Waals surface area contributed by atoms with Gasteiger partial charge in [-0.25, -0.2) is 9.78 Å². The summed E-state index contributed by atoms with van der Waals surface area (Å²) in [6, 6.07) is 8.66. The standard InChI is InChI=1S/C15H12N4O3S2/c16-14(22)17-10(20)7-24-15-18-12(21)11-9(6-23-13(11)19-15)8-4-2-1-3-5-8/h1-6H,7H2,(H,18,19,21)(H3,16,17,20,22). The highest BCUT2D eigenvalue weighted by Crippen LogP contribution is 2.31. The summed E-state index contributed by atoms with van der Waals surface area (Å²) in [6.45, 7) is 0. The van der Waals surface area contributed by atoms with Gasteiger partial charge >= 0.3 is 6.03 Å². The maximum Gasteiger partial charge on any atom is 0.318 e. The number of imide groups is 1. The number of urea groups is 1. The van der Waals surface area contributed by atoms with Crippen LogP contribution >= 0.6 is 23.1 Å². The molecule has 0 atom stereocenters. The van der Waals surface area contributed by atoms with Gasteiger partial charge in [-0.1, -0.05) is 42.1 Å². The van der Waals surface area contributed by atoms with E-state index in [4.69, 9.17) is 5.73 Å². The number of nitrogens with one attached hydrogen (secondary N) is 2. The van der Waals surface area contributed by atoms with E-state index >= 15 is 0 Å². The van der Waals surface area contributed by atoms with E-state index in [0.29, 0.717) is 15.4 Å². The predicted molar refractivity (Wildman–Crippen MR) is 94.1 cm³/mol. The second-order valence-corrected chi connectivity index (χ2v) is 6.59. The highest BCUT2D eigenvalue weighted by molar-refractivity contribution is 7.99. The number of carbonyl (C=O) groups excluding carboxylic acids is 2. The molecule has 0 radical (unpaired) electrons. The first-order valence-corrected chi connectivity index (χ1v) is 8.70. The zero-order valence-corrected chi connectivity index (χ0v) is 13.9. The van der Waals surface area contributed by atoms with Crippen molar-refractivity contribution < 1.29 is 9.59 Å². The molecule has 0 aliphatic rings. The third kappa shape index (κ3) is 3.47. The molecule has 0 saturated carbocycles. The quantitative estimate of drug-likeness (QED) is 0.485. The number of primary amides is 1. The molecule has 0 unspecified atom stereocenters. The number of amides is 3. The Morgan fingerprint density at radius 2 is 2.04 bits per heavy atom. The van der Waals surface area contributed by atoms with Crippen molar-refractivity contribution in [3.8, 4) is 11.1 Å². The molecule has 9 heteroatoms. The number of thioether (sulfide) groups is 1. The fraction of sp³-hybridized carbons (Fsp3) is 0.0667. The van der Waals surface area contributed by atoms with Gasteiger partial charge < -0.3 is 10.7 Å². The topological polar surface area (TPSA) is 118 Å². The highest BCUT2D eigenvalue weighted by Gasteiger charge is 2.14. The number of benzene rings is 1. The number of carbonyl (C=O) groups is 2. The molecule has 2 heterocycles. The lowest BCUT2D eigenvalue weighted by Crippen LogP contribution is -2.36. The van der Waals surface area contributed by atoms with E-state index in [2.05, 4.69) is 9.97 Å². The summed E-state index contributed by atoms with van der Waals surface area (Å²) in [5.74, 6) is -0.625. The third-order valence-corrected chi connectivity index (χ3v) is 4.86. The molecule has 0 aliphatic heterocycles. The molecule has 122 valence electrons. The van der Waals surface area contributed by atoms with Crippen molar-refractivity contribution in [3.63, 3.8) is 0 Å². The van der Waals surface area contributed by atoms with Gasteiger partial charge in [0, 0.05) is 10.9 Å². The van der Waals surface area contributed by atoms with E-state index < -0.39 is 11.9 Å². The number of rotatable bonds is 4. The summed E-state index contributed by atoms with van der Waals surface area (Å²) in [5.41, 5.74) is 6.37. The number of fused-ring (bicyclic) bond motifs is 1. The van der Waals surface area contributed by atoms with Gasteiger partial charge in [0.1, 0.15) is 4.83 Å². The molecule has 24 heavy (non-hydrogen) atoms. The van der Waals surface area contributed by atoms with Crippen LogP contribution in [0.5, 0.6) is 0 Å². The van der Waals surface area contributed by atoms with Crippen LogP contribution in [0.2, 0.25) is 0 Å². The van der Waals surface area contributed by atoms with Gasteiger partial charge in [0.05, 0.1) is 11.1 Å². The lowest BCUT2D eigenvalue weighted by molar-refractivity contribution is -0.117. The Hall–Kier alpha value is -2.65. The average molecular weight is 360 g/mol. The molecule has 0 fully saturated rings. The molecule has 3 amide bonds. The zero-order chi connectivity index (χ0) is 17.1. The molecule has 1 aromatic carbocycles. The van der Waals surface area contributed by atoms with Crippen LogP contribution in [0.15, 0.2) is 45.7 Å². The first kappa shape index (κ1) is 16.2. The van der Waals surface area contributed by atoms with Gasteiger partial charge in [0.2, 0.25) is 5.91 Å². The molecule has 0 saturated heterocycles. The molecule has 7 nitrogen and oxygen atoms in total. The normalized spacial score (nSPS) is 10.7. The fourth-order valence-electron chi connectivity index (χ4n) is 2.14. The van der Waals surface area contributed by atoms with E-state index in [9.17, 15) is 14.4 Å². The minimum Gasteiger partial charge on any atom is -0.351 e. The van der Waals surface area contributed by atoms with Gasteiger partial charge in [-0.3, -0.25) is 14.9 Å². The van der Waals surface area contributed by atoms with Gasteiger partial charge in [-0.15, -0.1) is 11.3 Å². The number of H-pyrrole nitrogens is 1. The Balaban J connectivity index is 1.88. The third-order valence-electron chi connectivity index (χ3n) is 3.11. The number of aromatic nitrogens is 2. The number of thiophene rings is 1. The van der Waals surface area contributed by atoms with Crippen molar-refractivity contribution in [3.05, 3.63) is 46.1 Å². The highest BCUT2D eigenvalue weighted by atomic mass is 32.2. The molecule has 4 N–H and O–H groups in total. The van der Waals surface area contributed by atoms with E-state index in [-0.39, 0.29) is 11.3 Å². The summed E-state index contributed by atoms with van der Waals surface area (Å²) in [4.78, 5) is 42.0. The van der Waals surface area contributed by atoms with Crippen LogP contribution in [-0.4, -0.2) is 27.7 Å². The molecule has 3 aromatic rings. The maximum atomic E-state index is 12.4. The van der Waals surface area contributed by atoms with Crippen LogP contribution in [0.3, 0.4) is 0 Å². The molecule has 2 aromatic heterocycles. The van der Waals surface area contributed by atoms with Gasteiger partial charge in [0.25, 0.3) is 5.56 Å². The average Bonchev–Trinajstić information content (AvgIpc) is 2.98. The van der Waals surface area contributed by atoms with Crippen molar-refractivity contribution in [1.29, 1.82) is 0 Å². The second kappa shape index (κ2) is 6.85. The summed E-state index contributed by atoms with van der Waals surface area (Å²) in [6.07, 6.45) is 0. The molecule has 0 aliphatic carbocycles. The van der Waals surface area contributed by atoms with Crippen LogP contribution in [0.1, 0.15) is 0 Å². The van der Waals surface area contributed by atoms with Crippen LogP contribution < -0.4 is 16.6 Å². The van der Waals surface area contributed by atoms with Crippen LogP contribution in [0.4, 0.5) is 4.79 Å². The Bertz CT molecular complexity index is 966. The summed E-state index contributed by atoms with van der Waals surface area (Å²) in [7, 11) is 0. The van der Waals surface area contributed by atoms with Crippen LogP contribution in [0.25, 0.3) is 21.3 Å². The zero-order valence-electron chi connectivity index (χ0n) is 12.2. The summed E-state index contributed by atoms with van der Waals surface area (Å²) >= 11 is 2.39. The van der Waals surface area contributed by atoms with E-state index in [1.807, 2.05) is 41.0 Å². The molecule has 0 bridgehead atoms. The van der Waals surface area contributed by atoms with Crippen molar-refractivity contribution in [2.45, 2.75) is 5.16 Å². The Morgan fingerprint density at radius 3 is 2.75 bits per heavy atom. The SMILES string of the molecule is NC(=O)NC(=O)CSc1nc2scc(-c3ccccc3)c2c(=O)[nH]1. The Morgan fingerprint density at radius 1 is 1.29 bits per heavy atom. The first-order chi connectivity index (χ1) is 11.5. The fourth-order valence-corrected chi connectivity index (χ4v) is 3.80. The van der Waals surface area contributed by atoms with E-state index in [0.717, 1.165) is 22.9 Å². The van der Waals surface area contributed by atoms with Crippen LogP contribution in [0, 0.1) is 0 Å². The minimum atomic E-state index is -0.914. The monoisotopic (exact) mass is 360 g/mol. The number of nitrogens with two attached hydrogens (primary N) is 1. The molecular formula is C15H12N4O3S2. The molecular weight excluding hydrogens is 348 g/mol. The number of hydrogen-bond donors (Lipinski definition) is 3. The number of hydrogen-bond acceptors (Lipinski definition) is 6. The summed E-state index contributed by atoms with van der Waals surface area (Å²) in [5, 5.41) is 4.68. The second-order valence-electron chi connectivity index (χ2n) is 4.77. The van der Waals surface area contributed by atoms with Gasteiger partial charge in [-0.2, -0.15) is 0 Å². The lowest BCUT2D eigenvalue weighted by atomic mass is 10.1. The molecule has 3 rings (SSSR count). The molecule has 0 spiro atoms. The Kier molecular flexibility index (Phi) is 4.63. The van der Waals surface area contributed by atoms with E-state index in [1.165, 1.54) is 11.3 Å². The number of nitrogens with zero attached hydrogens (tertiary/aromatic N) is 1. The van der Waals surface area contributed by atoms with Crippen molar-refractivity contribution in [2.75, 3.05) is 5.75 Å². The first-order valence-electron chi connectivity index (χ1n) is 6.83. The van der Waals surface area contributed by atoms with Crippen molar-refractivity contribution in [1.82, 2.24) is 15.3 Å². The summed E-state index contributed by atoms with van der Waals surface area (Å²) < 4.78 is 0. The minimum absolute atomic E-state index is 0.0751. The van der Waals surface area contributed by atoms with Crippen molar-refractivity contribution in [2.24, 2.45) is 5.73 Å². The van der Waals surface area contributed by atoms with Crippen molar-refractivity contribution >= 4 is 45.3 Å². The predicted octanol–water partition coefficient (Wildman–Crippen LogP) is 1.94. The Labute approximate surface area is 144 Å². The van der Waals surface area contributed by atoms with E-state index in [1.54, 1.807) is 0 Å². The lowest BCUT2D eigenvalue weighted by Gasteiger charge is -2.02. The van der Waals surface area contributed by atoms with Crippen LogP contribution in [-0.2, 0) is 4.79 Å². The maximum absolute atomic E-state index is 12.4. The smallest absolute Gasteiger partial charge is 0.318 e. The van der Waals surface area contributed by atoms with Gasteiger partial charge in [-0.05, 0) is 5.56 Å². The largest absolute Gasteiger partial charge is 0.351 e. The number of aromatic amines is 1.